The zero-order chi connectivity index (χ0) is 20.4. The maximum Gasteiger partial charge on any atom is 0.240 e. The smallest absolute Gasteiger partial charge is 0.240 e. The van der Waals surface area contributed by atoms with Gasteiger partial charge in [0.25, 0.3) is 0 Å². The maximum absolute atomic E-state index is 13.3. The molecular weight excluding hydrogens is 415 g/mol. The molecule has 0 atom stereocenters. The molecule has 0 saturated heterocycles. The molecule has 0 bridgehead atoms. The molecule has 148 valence electrons. The molecule has 0 radical (unpaired) electrons. The molecule has 29 heavy (non-hydrogen) atoms. The summed E-state index contributed by atoms with van der Waals surface area (Å²) in [6.45, 7) is 0.408. The fourth-order valence-electron chi connectivity index (χ4n) is 3.00. The van der Waals surface area contributed by atoms with E-state index in [1.54, 1.807) is 36.5 Å². The number of halogens is 2. The third-order valence-electron chi connectivity index (χ3n) is 4.34. The minimum atomic E-state index is -3.71. The number of fused-ring (bicyclic) bond motifs is 1. The molecule has 6 nitrogen and oxygen atoms in total. The number of imidazole rings is 1. The van der Waals surface area contributed by atoms with Crippen LogP contribution in [0.25, 0.3) is 22.6 Å². The van der Waals surface area contributed by atoms with Gasteiger partial charge in [-0.15, -0.1) is 0 Å². The second-order valence-corrected chi connectivity index (χ2v) is 8.50. The van der Waals surface area contributed by atoms with Gasteiger partial charge in [-0.25, -0.2) is 27.5 Å². The van der Waals surface area contributed by atoms with E-state index in [-0.39, 0.29) is 17.3 Å². The predicted octanol–water partition coefficient (Wildman–Crippen LogP) is 3.87. The molecule has 4 rings (SSSR count). The zero-order valence-electron chi connectivity index (χ0n) is 15.1. The van der Waals surface area contributed by atoms with Crippen LogP contribution in [0.5, 0.6) is 0 Å². The Balaban J connectivity index is 1.62. The molecule has 0 aliphatic carbocycles. The van der Waals surface area contributed by atoms with Gasteiger partial charge in [0.05, 0.1) is 4.90 Å². The average Bonchev–Trinajstić information content (AvgIpc) is 3.07. The summed E-state index contributed by atoms with van der Waals surface area (Å²) in [6, 6.07) is 15.6. The Morgan fingerprint density at radius 2 is 1.86 bits per heavy atom. The fraction of sp³-hybridized carbons (Fsp3) is 0.100. The highest BCUT2D eigenvalue weighted by atomic mass is 35.5. The highest BCUT2D eigenvalue weighted by Gasteiger charge is 2.17. The number of aromatic nitrogens is 3. The molecule has 0 fully saturated rings. The van der Waals surface area contributed by atoms with Gasteiger partial charge in [0.15, 0.2) is 5.65 Å². The minimum absolute atomic E-state index is 0.0948. The molecule has 0 spiro atoms. The zero-order valence-corrected chi connectivity index (χ0v) is 16.7. The van der Waals surface area contributed by atoms with E-state index in [0.717, 1.165) is 0 Å². The van der Waals surface area contributed by atoms with E-state index in [2.05, 4.69) is 14.7 Å². The lowest BCUT2D eigenvalue weighted by molar-refractivity contribution is 0.574. The lowest BCUT2D eigenvalue weighted by atomic mass is 10.2. The normalized spacial score (nSPS) is 11.8. The Hall–Kier alpha value is -2.81. The second kappa shape index (κ2) is 7.90. The van der Waals surface area contributed by atoms with E-state index in [9.17, 15) is 12.8 Å². The largest absolute Gasteiger partial charge is 0.307 e. The van der Waals surface area contributed by atoms with Crippen molar-refractivity contribution < 1.29 is 12.8 Å². The number of hydrogen-bond acceptors (Lipinski definition) is 4. The molecular formula is C20H16ClFN4O2S. The first-order chi connectivity index (χ1) is 13.9. The van der Waals surface area contributed by atoms with E-state index in [1.165, 1.54) is 24.3 Å². The molecule has 0 amide bonds. The molecule has 4 aromatic rings. The SMILES string of the molecule is O=S(=O)(NCCn1c(-c2ccc(F)cc2)nc2cccnc21)c1cccc(Cl)c1. The van der Waals surface area contributed by atoms with E-state index in [4.69, 9.17) is 11.6 Å². The van der Waals surface area contributed by atoms with Gasteiger partial charge >= 0.3 is 0 Å². The van der Waals surface area contributed by atoms with Crippen molar-refractivity contribution in [3.63, 3.8) is 0 Å². The third-order valence-corrected chi connectivity index (χ3v) is 6.03. The van der Waals surface area contributed by atoms with Crippen LogP contribution in [-0.4, -0.2) is 29.5 Å². The Morgan fingerprint density at radius 1 is 1.07 bits per heavy atom. The van der Waals surface area contributed by atoms with Gasteiger partial charge in [0.2, 0.25) is 10.0 Å². The lowest BCUT2D eigenvalue weighted by Crippen LogP contribution is -2.27. The van der Waals surface area contributed by atoms with Crippen LogP contribution in [0.4, 0.5) is 4.39 Å². The summed E-state index contributed by atoms with van der Waals surface area (Å²) in [5.41, 5.74) is 2.00. The van der Waals surface area contributed by atoms with Crippen LogP contribution in [0, 0.1) is 5.82 Å². The first kappa shape index (κ1) is 19.5. The molecule has 9 heteroatoms. The minimum Gasteiger partial charge on any atom is -0.307 e. The van der Waals surface area contributed by atoms with Crippen molar-refractivity contribution in [1.29, 1.82) is 0 Å². The average molecular weight is 431 g/mol. The standard InChI is InChI=1S/C20H16ClFN4O2S/c21-15-3-1-4-17(13-15)29(27,28)24-11-12-26-19(14-6-8-16(22)9-7-14)25-18-5-2-10-23-20(18)26/h1-10,13,24H,11-12H2. The van der Waals surface area contributed by atoms with Crippen LogP contribution in [0.2, 0.25) is 5.02 Å². The number of sulfonamides is 1. The summed E-state index contributed by atoms with van der Waals surface area (Å²) in [4.78, 5) is 9.04. The quantitative estimate of drug-likeness (QED) is 0.503. The number of rotatable bonds is 6. The van der Waals surface area contributed by atoms with Crippen LogP contribution >= 0.6 is 11.6 Å². The van der Waals surface area contributed by atoms with E-state index in [0.29, 0.717) is 34.1 Å². The van der Waals surface area contributed by atoms with Gasteiger partial charge in [-0.2, -0.15) is 0 Å². The van der Waals surface area contributed by atoms with Crippen molar-refractivity contribution in [3.05, 3.63) is 77.7 Å². The van der Waals surface area contributed by atoms with Gasteiger partial charge in [-0.1, -0.05) is 17.7 Å². The van der Waals surface area contributed by atoms with Crippen LogP contribution in [0.1, 0.15) is 0 Å². The van der Waals surface area contributed by atoms with Crippen LogP contribution in [0.15, 0.2) is 71.8 Å². The van der Waals surface area contributed by atoms with Crippen molar-refractivity contribution in [2.75, 3.05) is 6.54 Å². The number of nitrogens with zero attached hydrogens (tertiary/aromatic N) is 3. The second-order valence-electron chi connectivity index (χ2n) is 6.30. The first-order valence-electron chi connectivity index (χ1n) is 8.76. The lowest BCUT2D eigenvalue weighted by Gasteiger charge is -2.11. The number of pyridine rings is 1. The van der Waals surface area contributed by atoms with Gasteiger partial charge in [0, 0.05) is 29.9 Å². The van der Waals surface area contributed by atoms with Gasteiger partial charge in [-0.3, -0.25) is 0 Å². The van der Waals surface area contributed by atoms with E-state index in [1.807, 2.05) is 10.6 Å². The van der Waals surface area contributed by atoms with Crippen molar-refractivity contribution >= 4 is 32.8 Å². The molecule has 2 aromatic carbocycles. The maximum atomic E-state index is 13.3. The monoisotopic (exact) mass is 430 g/mol. The summed E-state index contributed by atoms with van der Waals surface area (Å²) >= 11 is 5.89. The topological polar surface area (TPSA) is 76.9 Å². The van der Waals surface area contributed by atoms with Crippen molar-refractivity contribution in [3.8, 4) is 11.4 Å². The Kier molecular flexibility index (Phi) is 5.31. The molecule has 0 unspecified atom stereocenters. The number of benzene rings is 2. The Bertz CT molecular complexity index is 1270. The van der Waals surface area contributed by atoms with E-state index >= 15 is 0 Å². The molecule has 0 saturated carbocycles. The third kappa shape index (κ3) is 4.14. The van der Waals surface area contributed by atoms with Crippen molar-refractivity contribution in [2.24, 2.45) is 0 Å². The summed E-state index contributed by atoms with van der Waals surface area (Å²) in [7, 11) is -3.71. The van der Waals surface area contributed by atoms with Crippen LogP contribution in [0.3, 0.4) is 0 Å². The summed E-state index contributed by atoms with van der Waals surface area (Å²) in [5, 5.41) is 0.344. The van der Waals surface area contributed by atoms with Crippen molar-refractivity contribution in [1.82, 2.24) is 19.3 Å². The Morgan fingerprint density at radius 3 is 2.62 bits per heavy atom. The van der Waals surface area contributed by atoms with Crippen molar-refractivity contribution in [2.45, 2.75) is 11.4 Å². The first-order valence-corrected chi connectivity index (χ1v) is 10.6. The van der Waals surface area contributed by atoms with E-state index < -0.39 is 10.0 Å². The summed E-state index contributed by atoms with van der Waals surface area (Å²) in [6.07, 6.45) is 1.64. The predicted molar refractivity (Wildman–Crippen MR) is 110 cm³/mol. The van der Waals surface area contributed by atoms with Gasteiger partial charge < -0.3 is 4.57 Å². The molecule has 0 aliphatic rings. The highest BCUT2D eigenvalue weighted by Crippen LogP contribution is 2.24. The molecule has 2 aromatic heterocycles. The number of hydrogen-bond donors (Lipinski definition) is 1. The van der Waals surface area contributed by atoms with Gasteiger partial charge in [0.1, 0.15) is 17.2 Å². The number of nitrogens with one attached hydrogen (secondary N) is 1. The Labute approximate surface area is 172 Å². The van der Waals surface area contributed by atoms with Crippen LogP contribution in [-0.2, 0) is 16.6 Å². The molecule has 0 aliphatic heterocycles. The summed E-state index contributed by atoms with van der Waals surface area (Å²) in [5.74, 6) is 0.240. The van der Waals surface area contributed by atoms with Gasteiger partial charge in [-0.05, 0) is 54.6 Å². The molecule has 1 N–H and O–H groups in total. The fourth-order valence-corrected chi connectivity index (χ4v) is 4.32. The molecule has 2 heterocycles. The summed E-state index contributed by atoms with van der Waals surface area (Å²) < 4.78 is 42.7. The van der Waals surface area contributed by atoms with Crippen LogP contribution < -0.4 is 4.72 Å². The highest BCUT2D eigenvalue weighted by molar-refractivity contribution is 7.89.